The fourth-order valence-corrected chi connectivity index (χ4v) is 2.66. The number of anilines is 1. The van der Waals surface area contributed by atoms with Crippen LogP contribution in [0.2, 0.25) is 0 Å². The van der Waals surface area contributed by atoms with Gasteiger partial charge in [-0.25, -0.2) is 13.6 Å². The molecule has 1 amide bonds. The number of ether oxygens (including phenoxy) is 1. The summed E-state index contributed by atoms with van der Waals surface area (Å²) in [5.74, 6) is -0.602. The highest BCUT2D eigenvalue weighted by molar-refractivity contribution is 7.89. The van der Waals surface area contributed by atoms with Crippen LogP contribution in [0.5, 0.6) is 5.75 Å². The second-order valence-corrected chi connectivity index (χ2v) is 6.20. The van der Waals surface area contributed by atoms with Gasteiger partial charge < -0.3 is 10.1 Å². The van der Waals surface area contributed by atoms with Gasteiger partial charge in [0.15, 0.2) is 0 Å². The maximum Gasteiger partial charge on any atom is 0.270 e. The van der Waals surface area contributed by atoms with E-state index >= 15 is 0 Å². The molecule has 0 saturated carbocycles. The third kappa shape index (κ3) is 3.86. The third-order valence-corrected chi connectivity index (χ3v) is 3.98. The molecule has 2 aromatic rings. The summed E-state index contributed by atoms with van der Waals surface area (Å²) in [6.45, 7) is 0. The maximum absolute atomic E-state index is 12.2. The molecule has 0 fully saturated rings. The van der Waals surface area contributed by atoms with E-state index in [9.17, 15) is 23.3 Å². The molecule has 3 N–H and O–H groups in total. The number of nitrogens with two attached hydrogens (primary N) is 1. The number of methoxy groups -OCH3 is 1. The summed E-state index contributed by atoms with van der Waals surface area (Å²) in [4.78, 5) is 22.0. The molecule has 0 spiro atoms. The van der Waals surface area contributed by atoms with Crippen LogP contribution in [0, 0.1) is 10.1 Å². The Labute approximate surface area is 137 Å². The monoisotopic (exact) mass is 351 g/mol. The zero-order chi connectivity index (χ0) is 17.9. The van der Waals surface area contributed by atoms with Gasteiger partial charge in [0.2, 0.25) is 10.0 Å². The number of carbonyl (C=O) groups is 1. The molecule has 0 aliphatic heterocycles. The van der Waals surface area contributed by atoms with Crippen molar-refractivity contribution < 1.29 is 22.9 Å². The number of rotatable bonds is 5. The lowest BCUT2D eigenvalue weighted by Crippen LogP contribution is -2.16. The van der Waals surface area contributed by atoms with Gasteiger partial charge in [-0.1, -0.05) is 6.07 Å². The Hall–Kier alpha value is -2.98. The van der Waals surface area contributed by atoms with Gasteiger partial charge in [0, 0.05) is 23.4 Å². The van der Waals surface area contributed by atoms with Crippen molar-refractivity contribution in [2.24, 2.45) is 5.14 Å². The number of nitrogens with zero attached hydrogens (tertiary/aromatic N) is 1. The summed E-state index contributed by atoms with van der Waals surface area (Å²) in [6, 6.07) is 9.03. The van der Waals surface area contributed by atoms with Crippen LogP contribution in [0.4, 0.5) is 11.4 Å². The summed E-state index contributed by atoms with van der Waals surface area (Å²) in [7, 11) is -2.77. The summed E-state index contributed by atoms with van der Waals surface area (Å²) in [5.41, 5.74) is -0.0314. The molecular formula is C14H13N3O6S. The molecule has 2 rings (SSSR count). The van der Waals surface area contributed by atoms with Crippen LogP contribution in [0.25, 0.3) is 0 Å². The molecule has 0 unspecified atom stereocenters. The lowest BCUT2D eigenvalue weighted by molar-refractivity contribution is -0.384. The first-order valence-electron chi connectivity index (χ1n) is 6.49. The van der Waals surface area contributed by atoms with Gasteiger partial charge in [-0.05, 0) is 24.3 Å². The average molecular weight is 351 g/mol. The van der Waals surface area contributed by atoms with E-state index in [0.29, 0.717) is 0 Å². The standard InChI is InChI=1S/C14H13N3O6S/c1-23-12-6-5-10(8-13(12)24(15,21)22)16-14(18)9-3-2-4-11(7-9)17(19)20/h2-8H,1H3,(H,16,18)(H2,15,21,22). The number of nitro benzene ring substituents is 1. The Morgan fingerprint density at radius 1 is 1.25 bits per heavy atom. The van der Waals surface area contributed by atoms with Crippen molar-refractivity contribution in [1.82, 2.24) is 0 Å². The van der Waals surface area contributed by atoms with E-state index in [2.05, 4.69) is 5.32 Å². The molecule has 0 aliphatic rings. The van der Waals surface area contributed by atoms with E-state index in [0.717, 1.165) is 12.1 Å². The smallest absolute Gasteiger partial charge is 0.270 e. The van der Waals surface area contributed by atoms with Crippen LogP contribution in [-0.2, 0) is 10.0 Å². The lowest BCUT2D eigenvalue weighted by atomic mass is 10.2. The van der Waals surface area contributed by atoms with E-state index in [-0.39, 0.29) is 27.6 Å². The van der Waals surface area contributed by atoms with Gasteiger partial charge in [0.1, 0.15) is 10.6 Å². The van der Waals surface area contributed by atoms with Crippen LogP contribution in [0.3, 0.4) is 0 Å². The minimum Gasteiger partial charge on any atom is -0.495 e. The number of primary sulfonamides is 1. The van der Waals surface area contributed by atoms with E-state index in [4.69, 9.17) is 9.88 Å². The number of benzene rings is 2. The average Bonchev–Trinajstić information content (AvgIpc) is 2.54. The zero-order valence-electron chi connectivity index (χ0n) is 12.4. The van der Waals surface area contributed by atoms with Crippen molar-refractivity contribution in [3.05, 3.63) is 58.1 Å². The molecule has 9 nitrogen and oxygen atoms in total. The Kier molecular flexibility index (Phi) is 4.81. The molecule has 0 aliphatic carbocycles. The van der Waals surface area contributed by atoms with Crippen molar-refractivity contribution in [3.8, 4) is 5.75 Å². The van der Waals surface area contributed by atoms with Crippen LogP contribution in [-0.4, -0.2) is 26.4 Å². The highest BCUT2D eigenvalue weighted by atomic mass is 32.2. The second-order valence-electron chi connectivity index (χ2n) is 4.67. The molecule has 0 heterocycles. The summed E-state index contributed by atoms with van der Waals surface area (Å²) < 4.78 is 28.0. The van der Waals surface area contributed by atoms with Crippen molar-refractivity contribution in [1.29, 1.82) is 0 Å². The van der Waals surface area contributed by atoms with Crippen molar-refractivity contribution in [2.45, 2.75) is 4.90 Å². The predicted molar refractivity (Wildman–Crippen MR) is 85.4 cm³/mol. The van der Waals surface area contributed by atoms with E-state index < -0.39 is 20.9 Å². The molecule has 126 valence electrons. The number of sulfonamides is 1. The Morgan fingerprint density at radius 3 is 2.54 bits per heavy atom. The minimum atomic E-state index is -4.05. The Bertz CT molecular complexity index is 910. The highest BCUT2D eigenvalue weighted by Gasteiger charge is 2.17. The molecule has 0 atom stereocenters. The quantitative estimate of drug-likeness (QED) is 0.617. The molecule has 24 heavy (non-hydrogen) atoms. The number of hydrogen-bond acceptors (Lipinski definition) is 6. The highest BCUT2D eigenvalue weighted by Crippen LogP contribution is 2.26. The molecule has 10 heteroatoms. The largest absolute Gasteiger partial charge is 0.495 e. The van der Waals surface area contributed by atoms with Crippen molar-refractivity contribution in [3.63, 3.8) is 0 Å². The predicted octanol–water partition coefficient (Wildman–Crippen LogP) is 1.50. The number of nitrogens with one attached hydrogen (secondary N) is 1. The number of carbonyl (C=O) groups excluding carboxylic acids is 1. The Balaban J connectivity index is 2.33. The van der Waals surface area contributed by atoms with Gasteiger partial charge in [-0.2, -0.15) is 0 Å². The summed E-state index contributed by atoms with van der Waals surface area (Å²) in [6.07, 6.45) is 0. The zero-order valence-corrected chi connectivity index (χ0v) is 13.2. The minimum absolute atomic E-state index is 0.0332. The number of hydrogen-bond donors (Lipinski definition) is 2. The fourth-order valence-electron chi connectivity index (χ4n) is 1.94. The van der Waals surface area contributed by atoms with Crippen LogP contribution < -0.4 is 15.2 Å². The van der Waals surface area contributed by atoms with Crippen LogP contribution in [0.1, 0.15) is 10.4 Å². The molecule has 0 radical (unpaired) electrons. The normalized spacial score (nSPS) is 10.9. The van der Waals surface area contributed by atoms with E-state index in [1.165, 1.54) is 37.4 Å². The fraction of sp³-hybridized carbons (Fsp3) is 0.0714. The molecule has 2 aromatic carbocycles. The van der Waals surface area contributed by atoms with Crippen LogP contribution in [0.15, 0.2) is 47.4 Å². The molecule has 0 aromatic heterocycles. The first kappa shape index (κ1) is 17.4. The second kappa shape index (κ2) is 6.64. The SMILES string of the molecule is COc1ccc(NC(=O)c2cccc([N+](=O)[O-])c2)cc1S(N)(=O)=O. The molecule has 0 saturated heterocycles. The van der Waals surface area contributed by atoms with Gasteiger partial charge in [-0.15, -0.1) is 0 Å². The first-order valence-corrected chi connectivity index (χ1v) is 8.03. The number of nitro groups is 1. The van der Waals surface area contributed by atoms with Crippen molar-refractivity contribution in [2.75, 3.05) is 12.4 Å². The van der Waals surface area contributed by atoms with E-state index in [1.54, 1.807) is 0 Å². The van der Waals surface area contributed by atoms with Gasteiger partial charge in [-0.3, -0.25) is 14.9 Å². The van der Waals surface area contributed by atoms with E-state index in [1.807, 2.05) is 0 Å². The van der Waals surface area contributed by atoms with Crippen molar-refractivity contribution >= 4 is 27.3 Å². The van der Waals surface area contributed by atoms with Gasteiger partial charge >= 0.3 is 0 Å². The lowest BCUT2D eigenvalue weighted by Gasteiger charge is -2.10. The Morgan fingerprint density at radius 2 is 1.96 bits per heavy atom. The summed E-state index contributed by atoms with van der Waals surface area (Å²) in [5, 5.41) is 18.3. The first-order chi connectivity index (χ1) is 11.2. The molecule has 0 bridgehead atoms. The summed E-state index contributed by atoms with van der Waals surface area (Å²) >= 11 is 0. The van der Waals surface area contributed by atoms with Gasteiger partial charge in [0.05, 0.1) is 12.0 Å². The number of non-ortho nitro benzene ring substituents is 1. The third-order valence-electron chi connectivity index (χ3n) is 3.05. The maximum atomic E-state index is 12.2. The number of amides is 1. The van der Waals surface area contributed by atoms with Gasteiger partial charge in [0.25, 0.3) is 11.6 Å². The van der Waals surface area contributed by atoms with Crippen LogP contribution >= 0.6 is 0 Å². The molecular weight excluding hydrogens is 338 g/mol. The topological polar surface area (TPSA) is 142 Å².